The van der Waals surface area contributed by atoms with Crippen molar-refractivity contribution in [3.05, 3.63) is 58.5 Å². The SMILES string of the molecule is COc1cc(N2CCOCC2)c(-c2cnn(C)c2)cc1Nc1ncc(Br)c(Nc2cc3c(cc2N(C)S(C)(=O)=O)CC3)n1. The molecule has 226 valence electrons. The summed E-state index contributed by atoms with van der Waals surface area (Å²) in [6, 6.07) is 7.96. The molecule has 1 aliphatic heterocycles. The summed E-state index contributed by atoms with van der Waals surface area (Å²) in [6.45, 7) is 2.85. The van der Waals surface area contributed by atoms with E-state index < -0.39 is 10.0 Å². The summed E-state index contributed by atoms with van der Waals surface area (Å²) >= 11 is 3.55. The Morgan fingerprint density at radius 3 is 2.44 bits per heavy atom. The lowest BCUT2D eigenvalue weighted by atomic mass is 9.87. The molecule has 12 nitrogen and oxygen atoms in total. The molecule has 2 N–H and O–H groups in total. The van der Waals surface area contributed by atoms with Crippen molar-refractivity contribution in [1.82, 2.24) is 19.7 Å². The maximum atomic E-state index is 12.4. The average Bonchev–Trinajstić information content (AvgIpc) is 3.41. The summed E-state index contributed by atoms with van der Waals surface area (Å²) in [6.07, 6.45) is 8.54. The van der Waals surface area contributed by atoms with Crippen LogP contribution >= 0.6 is 15.9 Å². The van der Waals surface area contributed by atoms with Gasteiger partial charge in [-0.15, -0.1) is 0 Å². The molecule has 14 heteroatoms. The van der Waals surface area contributed by atoms with Crippen molar-refractivity contribution in [2.75, 3.05) is 66.6 Å². The second kappa shape index (κ2) is 11.7. The number of sulfonamides is 1. The normalized spacial score (nSPS) is 14.6. The van der Waals surface area contributed by atoms with Gasteiger partial charge in [0.25, 0.3) is 0 Å². The van der Waals surface area contributed by atoms with Gasteiger partial charge in [0.05, 0.1) is 54.3 Å². The molecule has 1 aliphatic carbocycles. The van der Waals surface area contributed by atoms with Crippen molar-refractivity contribution >= 4 is 60.5 Å². The third kappa shape index (κ3) is 5.99. The summed E-state index contributed by atoms with van der Waals surface area (Å²) in [4.78, 5) is 11.5. The average molecular weight is 670 g/mol. The third-order valence-corrected chi connectivity index (χ3v) is 9.52. The number of hydrogen-bond donors (Lipinski definition) is 2. The molecule has 43 heavy (non-hydrogen) atoms. The van der Waals surface area contributed by atoms with Crippen LogP contribution in [-0.2, 0) is 34.6 Å². The van der Waals surface area contributed by atoms with Crippen LogP contribution in [0, 0.1) is 0 Å². The van der Waals surface area contributed by atoms with Crippen molar-refractivity contribution in [3.63, 3.8) is 0 Å². The summed E-state index contributed by atoms with van der Waals surface area (Å²) in [5.41, 5.74) is 7.21. The van der Waals surface area contributed by atoms with Crippen molar-refractivity contribution in [2.45, 2.75) is 12.8 Å². The summed E-state index contributed by atoms with van der Waals surface area (Å²) in [5.74, 6) is 1.45. The molecule has 0 atom stereocenters. The van der Waals surface area contributed by atoms with E-state index in [0.29, 0.717) is 52.3 Å². The molecule has 6 rings (SSSR count). The Morgan fingerprint density at radius 1 is 1.05 bits per heavy atom. The number of fused-ring (bicyclic) bond motifs is 1. The minimum atomic E-state index is -3.47. The van der Waals surface area contributed by atoms with E-state index in [4.69, 9.17) is 14.5 Å². The van der Waals surface area contributed by atoms with E-state index in [0.717, 1.165) is 48.3 Å². The fourth-order valence-corrected chi connectivity index (χ4v) is 6.03. The van der Waals surface area contributed by atoms with Crippen molar-refractivity contribution < 1.29 is 17.9 Å². The summed E-state index contributed by atoms with van der Waals surface area (Å²) < 4.78 is 39.9. The van der Waals surface area contributed by atoms with Crippen LogP contribution < -0.4 is 24.6 Å². The summed E-state index contributed by atoms with van der Waals surface area (Å²) in [5, 5.41) is 11.1. The van der Waals surface area contributed by atoms with E-state index in [1.54, 1.807) is 25.0 Å². The lowest BCUT2D eigenvalue weighted by Crippen LogP contribution is -2.36. The van der Waals surface area contributed by atoms with Gasteiger partial charge >= 0.3 is 0 Å². The number of ether oxygens (including phenoxy) is 2. The monoisotopic (exact) mass is 668 g/mol. The molecule has 2 aromatic heterocycles. The molecular weight excluding hydrogens is 636 g/mol. The smallest absolute Gasteiger partial charge is 0.232 e. The van der Waals surface area contributed by atoms with Gasteiger partial charge in [0, 0.05) is 62.5 Å². The lowest BCUT2D eigenvalue weighted by molar-refractivity contribution is 0.122. The largest absolute Gasteiger partial charge is 0.494 e. The van der Waals surface area contributed by atoms with Crippen molar-refractivity contribution in [2.24, 2.45) is 7.05 Å². The zero-order chi connectivity index (χ0) is 30.3. The first-order valence-corrected chi connectivity index (χ1v) is 16.4. The number of methoxy groups -OCH3 is 1. The van der Waals surface area contributed by atoms with Crippen LogP contribution in [0.2, 0.25) is 0 Å². The number of hydrogen-bond acceptors (Lipinski definition) is 10. The Kier molecular flexibility index (Phi) is 7.92. The topological polar surface area (TPSA) is 127 Å². The van der Waals surface area contributed by atoms with Gasteiger partial charge in [-0.1, -0.05) is 0 Å². The van der Waals surface area contributed by atoms with E-state index in [1.165, 1.54) is 16.1 Å². The highest BCUT2D eigenvalue weighted by Crippen LogP contribution is 2.41. The maximum Gasteiger partial charge on any atom is 0.232 e. The molecule has 0 unspecified atom stereocenters. The quantitative estimate of drug-likeness (QED) is 0.264. The molecular formula is C29H33BrN8O4S. The van der Waals surface area contributed by atoms with Gasteiger partial charge in [-0.25, -0.2) is 13.4 Å². The van der Waals surface area contributed by atoms with Crippen molar-refractivity contribution in [3.8, 4) is 16.9 Å². The van der Waals surface area contributed by atoms with E-state index >= 15 is 0 Å². The number of aryl methyl sites for hydroxylation is 3. The number of morpholine rings is 1. The molecule has 3 heterocycles. The number of aromatic nitrogens is 4. The zero-order valence-corrected chi connectivity index (χ0v) is 26.8. The standard InChI is InChI=1S/C29H33BrN8O4S/c1-36-17-20(15-32-36)21-13-24(27(41-3)14-25(21)38-7-9-42-10-8-38)34-29-31-16-22(30)28(35-29)33-23-11-18-5-6-19(18)12-26(23)37(2)43(4,39)40/h11-17H,5-10H2,1-4H3,(H2,31,33,34,35). The first kappa shape index (κ1) is 29.2. The first-order valence-electron chi connectivity index (χ1n) is 13.8. The number of nitrogens with one attached hydrogen (secondary N) is 2. The van der Waals surface area contributed by atoms with Crippen LogP contribution in [0.4, 0.5) is 34.5 Å². The van der Waals surface area contributed by atoms with Gasteiger partial charge in [0.2, 0.25) is 16.0 Å². The van der Waals surface area contributed by atoms with Gasteiger partial charge in [0.15, 0.2) is 0 Å². The van der Waals surface area contributed by atoms with Crippen molar-refractivity contribution in [1.29, 1.82) is 0 Å². The molecule has 0 spiro atoms. The molecule has 1 fully saturated rings. The Hall–Kier alpha value is -3.88. The van der Waals surface area contributed by atoms with Gasteiger partial charge in [-0.05, 0) is 58.1 Å². The zero-order valence-electron chi connectivity index (χ0n) is 24.4. The fourth-order valence-electron chi connectivity index (χ4n) is 5.23. The number of rotatable bonds is 9. The highest BCUT2D eigenvalue weighted by atomic mass is 79.9. The number of halogens is 1. The number of anilines is 6. The highest BCUT2D eigenvalue weighted by Gasteiger charge is 2.24. The van der Waals surface area contributed by atoms with Crippen LogP contribution in [-0.4, -0.2) is 74.9 Å². The Labute approximate surface area is 259 Å². The molecule has 0 saturated carbocycles. The van der Waals surface area contributed by atoms with Crippen LogP contribution in [0.25, 0.3) is 11.1 Å². The third-order valence-electron chi connectivity index (χ3n) is 7.75. The molecule has 0 bridgehead atoms. The van der Waals surface area contributed by atoms with E-state index in [-0.39, 0.29) is 0 Å². The number of benzene rings is 2. The van der Waals surface area contributed by atoms with Crippen LogP contribution in [0.5, 0.6) is 5.75 Å². The molecule has 1 saturated heterocycles. The fraction of sp³-hybridized carbons (Fsp3) is 0.345. The van der Waals surface area contributed by atoms with E-state index in [2.05, 4.69) is 41.5 Å². The second-order valence-electron chi connectivity index (χ2n) is 10.6. The molecule has 4 aromatic rings. The van der Waals surface area contributed by atoms with Crippen LogP contribution in [0.15, 0.2) is 47.3 Å². The number of nitrogens with zero attached hydrogens (tertiary/aromatic N) is 6. The Morgan fingerprint density at radius 2 is 1.79 bits per heavy atom. The molecule has 2 aromatic carbocycles. The van der Waals surface area contributed by atoms with E-state index in [9.17, 15) is 8.42 Å². The first-order chi connectivity index (χ1) is 20.6. The summed E-state index contributed by atoms with van der Waals surface area (Å²) in [7, 11) is 1.60. The predicted molar refractivity (Wildman–Crippen MR) is 172 cm³/mol. The predicted octanol–water partition coefficient (Wildman–Crippen LogP) is 4.47. The van der Waals surface area contributed by atoms with Gasteiger partial charge in [-0.3, -0.25) is 8.99 Å². The Balaban J connectivity index is 1.36. The van der Waals surface area contributed by atoms with Gasteiger partial charge < -0.3 is 25.0 Å². The van der Waals surface area contributed by atoms with E-state index in [1.807, 2.05) is 43.7 Å². The lowest BCUT2D eigenvalue weighted by Gasteiger charge is -2.31. The molecule has 0 amide bonds. The maximum absolute atomic E-state index is 12.4. The van der Waals surface area contributed by atoms with Crippen LogP contribution in [0.3, 0.4) is 0 Å². The second-order valence-corrected chi connectivity index (χ2v) is 13.4. The minimum absolute atomic E-state index is 0.335. The minimum Gasteiger partial charge on any atom is -0.494 e. The van der Waals surface area contributed by atoms with Gasteiger partial charge in [0.1, 0.15) is 11.6 Å². The highest BCUT2D eigenvalue weighted by molar-refractivity contribution is 9.10. The molecule has 2 aliphatic rings. The Bertz CT molecular complexity index is 1790. The van der Waals surface area contributed by atoms with Gasteiger partial charge in [-0.2, -0.15) is 10.1 Å². The van der Waals surface area contributed by atoms with Crippen LogP contribution in [0.1, 0.15) is 11.1 Å². The molecule has 0 radical (unpaired) electrons.